The number of aliphatic imine (C=N–C) groups is 1. The van der Waals surface area contributed by atoms with Crippen LogP contribution in [0.3, 0.4) is 0 Å². The van der Waals surface area contributed by atoms with Crippen LogP contribution in [0.25, 0.3) is 0 Å². The van der Waals surface area contributed by atoms with Gasteiger partial charge in [-0.25, -0.2) is 4.79 Å². The Balaban J connectivity index is 2.87. The van der Waals surface area contributed by atoms with E-state index < -0.39 is 73.6 Å². The molecule has 0 aromatic carbocycles. The van der Waals surface area contributed by atoms with E-state index in [1.165, 1.54) is 0 Å². The SMILES string of the molecule is NC(N)=NCCC[C@@H]1NC(=O)CNC(=O)C[C@@H](C(=O)O)NC(=O)CNC(=O)CNC1=O. The quantitative estimate of drug-likeness (QED) is 0.115. The summed E-state index contributed by atoms with van der Waals surface area (Å²) in [5.41, 5.74) is 10.4. The van der Waals surface area contributed by atoms with Crippen LogP contribution < -0.4 is 38.1 Å². The van der Waals surface area contributed by atoms with Crippen LogP contribution in [-0.4, -0.2) is 84.8 Å². The van der Waals surface area contributed by atoms with Gasteiger partial charge >= 0.3 is 5.97 Å². The number of carboxylic acids is 1. The molecule has 0 spiro atoms. The molecule has 2 atom stereocenters. The Labute approximate surface area is 176 Å². The summed E-state index contributed by atoms with van der Waals surface area (Å²) in [6.45, 7) is -1.37. The molecule has 0 bridgehead atoms. The maximum atomic E-state index is 12.3. The summed E-state index contributed by atoms with van der Waals surface area (Å²) in [4.78, 5) is 75.0. The molecule has 1 fully saturated rings. The van der Waals surface area contributed by atoms with Crippen molar-refractivity contribution in [2.24, 2.45) is 16.5 Å². The van der Waals surface area contributed by atoms with Gasteiger partial charge in [0.25, 0.3) is 0 Å². The van der Waals surface area contributed by atoms with Crippen molar-refractivity contribution in [3.8, 4) is 0 Å². The molecule has 0 aromatic rings. The fourth-order valence-corrected chi connectivity index (χ4v) is 2.43. The molecule has 1 aliphatic heterocycles. The van der Waals surface area contributed by atoms with Gasteiger partial charge in [0.1, 0.15) is 12.1 Å². The van der Waals surface area contributed by atoms with Crippen molar-refractivity contribution in [3.05, 3.63) is 0 Å². The minimum absolute atomic E-state index is 0.130. The molecule has 1 saturated heterocycles. The van der Waals surface area contributed by atoms with Crippen LogP contribution in [0.5, 0.6) is 0 Å². The van der Waals surface area contributed by atoms with E-state index in [-0.39, 0.29) is 18.9 Å². The standard InChI is InChI=1S/C16H26N8O7/c17-16(18)19-3-1-2-8-14(29)22-5-11(26)21-7-13(28)24-9(15(30)31)4-10(25)20-6-12(27)23-8/h8-9H,1-7H2,(H,20,25)(H,21,26)(H,22,29)(H,23,27)(H,24,28)(H,30,31)(H4,17,18,19)/t8-,9-/m0/s1. The minimum atomic E-state index is -1.55. The molecule has 15 nitrogen and oxygen atoms in total. The van der Waals surface area contributed by atoms with Crippen LogP contribution in [-0.2, 0) is 28.8 Å². The first-order valence-electron chi connectivity index (χ1n) is 9.26. The molecule has 0 saturated carbocycles. The third-order valence-corrected chi connectivity index (χ3v) is 3.94. The van der Waals surface area contributed by atoms with Crippen molar-refractivity contribution in [2.75, 3.05) is 26.2 Å². The monoisotopic (exact) mass is 442 g/mol. The number of rotatable bonds is 5. The molecule has 31 heavy (non-hydrogen) atoms. The van der Waals surface area contributed by atoms with E-state index in [0.29, 0.717) is 6.42 Å². The molecule has 0 aromatic heterocycles. The molecule has 0 radical (unpaired) electrons. The van der Waals surface area contributed by atoms with Crippen LogP contribution in [0.4, 0.5) is 0 Å². The second kappa shape index (κ2) is 12.6. The second-order valence-corrected chi connectivity index (χ2v) is 6.50. The van der Waals surface area contributed by atoms with Crippen molar-refractivity contribution >= 4 is 41.5 Å². The van der Waals surface area contributed by atoms with Crippen LogP contribution in [0.15, 0.2) is 4.99 Å². The summed E-state index contributed by atoms with van der Waals surface area (Å²) in [5.74, 6) is -5.35. The Morgan fingerprint density at radius 3 is 2.10 bits per heavy atom. The van der Waals surface area contributed by atoms with E-state index in [4.69, 9.17) is 16.6 Å². The molecule has 1 heterocycles. The number of amides is 5. The van der Waals surface area contributed by atoms with Gasteiger partial charge in [-0.2, -0.15) is 0 Å². The Hall–Kier alpha value is -3.91. The van der Waals surface area contributed by atoms with Gasteiger partial charge in [-0.05, 0) is 12.8 Å². The number of carbonyl (C=O) groups is 6. The molecular weight excluding hydrogens is 416 g/mol. The molecule has 1 aliphatic rings. The largest absolute Gasteiger partial charge is 0.480 e. The lowest BCUT2D eigenvalue weighted by Gasteiger charge is -2.19. The molecule has 1 rings (SSSR count). The molecule has 5 amide bonds. The van der Waals surface area contributed by atoms with Gasteiger partial charge in [-0.3, -0.25) is 29.0 Å². The fraction of sp³-hybridized carbons (Fsp3) is 0.562. The molecule has 172 valence electrons. The molecule has 0 unspecified atom stereocenters. The molecular formula is C16H26N8O7. The van der Waals surface area contributed by atoms with Gasteiger partial charge in [0.2, 0.25) is 29.5 Å². The number of nitrogens with two attached hydrogens (primary N) is 2. The third kappa shape index (κ3) is 10.4. The van der Waals surface area contributed by atoms with Crippen molar-refractivity contribution in [3.63, 3.8) is 0 Å². The zero-order valence-electron chi connectivity index (χ0n) is 16.6. The Morgan fingerprint density at radius 2 is 1.48 bits per heavy atom. The van der Waals surface area contributed by atoms with Crippen LogP contribution in [0.2, 0.25) is 0 Å². The average molecular weight is 442 g/mol. The lowest BCUT2D eigenvalue weighted by Crippen LogP contribution is -2.53. The van der Waals surface area contributed by atoms with E-state index in [1.54, 1.807) is 0 Å². The number of hydrogen-bond donors (Lipinski definition) is 8. The van der Waals surface area contributed by atoms with Gasteiger partial charge in [-0.1, -0.05) is 0 Å². The zero-order valence-corrected chi connectivity index (χ0v) is 16.6. The molecule has 10 N–H and O–H groups in total. The van der Waals surface area contributed by atoms with Crippen LogP contribution >= 0.6 is 0 Å². The highest BCUT2D eigenvalue weighted by Gasteiger charge is 2.25. The Morgan fingerprint density at radius 1 is 0.903 bits per heavy atom. The number of nitrogens with one attached hydrogen (secondary N) is 5. The fourth-order valence-electron chi connectivity index (χ4n) is 2.43. The van der Waals surface area contributed by atoms with Crippen LogP contribution in [0.1, 0.15) is 19.3 Å². The predicted octanol–water partition coefficient (Wildman–Crippen LogP) is -5.15. The summed E-state index contributed by atoms with van der Waals surface area (Å²) in [6, 6.07) is -2.60. The van der Waals surface area contributed by atoms with E-state index >= 15 is 0 Å². The van der Waals surface area contributed by atoms with Crippen molar-refractivity contribution in [1.29, 1.82) is 0 Å². The summed E-state index contributed by atoms with van der Waals surface area (Å²) < 4.78 is 0. The number of hydrogen-bond acceptors (Lipinski definition) is 7. The Kier molecular flexibility index (Phi) is 10.2. The van der Waals surface area contributed by atoms with Gasteiger partial charge in [-0.15, -0.1) is 0 Å². The first kappa shape index (κ1) is 25.1. The maximum absolute atomic E-state index is 12.3. The summed E-state index contributed by atoms with van der Waals surface area (Å²) in [6.07, 6.45) is -0.173. The zero-order chi connectivity index (χ0) is 23.4. The Bertz CT molecular complexity index is 750. The lowest BCUT2D eigenvalue weighted by molar-refractivity contribution is -0.143. The first-order valence-corrected chi connectivity index (χ1v) is 9.26. The number of carboxylic acid groups (broad SMARTS) is 1. The molecule has 0 aliphatic carbocycles. The maximum Gasteiger partial charge on any atom is 0.326 e. The minimum Gasteiger partial charge on any atom is -0.480 e. The number of guanidine groups is 1. The first-order chi connectivity index (χ1) is 14.6. The normalized spacial score (nSPS) is 21.6. The van der Waals surface area contributed by atoms with E-state index in [1.807, 2.05) is 0 Å². The number of carbonyl (C=O) groups excluding carboxylic acids is 5. The number of aliphatic carboxylic acids is 1. The highest BCUT2D eigenvalue weighted by atomic mass is 16.4. The van der Waals surface area contributed by atoms with E-state index in [2.05, 4.69) is 31.6 Å². The summed E-state index contributed by atoms with van der Waals surface area (Å²) >= 11 is 0. The summed E-state index contributed by atoms with van der Waals surface area (Å²) in [7, 11) is 0. The van der Waals surface area contributed by atoms with Crippen molar-refractivity contribution in [1.82, 2.24) is 26.6 Å². The lowest BCUT2D eigenvalue weighted by atomic mass is 10.1. The van der Waals surface area contributed by atoms with Gasteiger partial charge in [0, 0.05) is 6.54 Å². The van der Waals surface area contributed by atoms with E-state index in [9.17, 15) is 28.8 Å². The van der Waals surface area contributed by atoms with Gasteiger partial charge in [0.15, 0.2) is 5.96 Å². The number of nitrogens with zero attached hydrogens (tertiary/aromatic N) is 1. The topological polar surface area (TPSA) is 247 Å². The summed E-state index contributed by atoms with van der Waals surface area (Å²) in [5, 5.41) is 20.4. The van der Waals surface area contributed by atoms with Gasteiger partial charge < -0.3 is 43.2 Å². The highest BCUT2D eigenvalue weighted by molar-refractivity contribution is 5.94. The second-order valence-electron chi connectivity index (χ2n) is 6.50. The average Bonchev–Trinajstić information content (AvgIpc) is 2.69. The molecule has 15 heteroatoms. The van der Waals surface area contributed by atoms with Gasteiger partial charge in [0.05, 0.1) is 26.1 Å². The van der Waals surface area contributed by atoms with E-state index in [0.717, 1.165) is 0 Å². The van der Waals surface area contributed by atoms with Crippen LogP contribution in [0, 0.1) is 0 Å². The highest BCUT2D eigenvalue weighted by Crippen LogP contribution is 1.99. The van der Waals surface area contributed by atoms with Crippen molar-refractivity contribution in [2.45, 2.75) is 31.3 Å². The smallest absolute Gasteiger partial charge is 0.326 e. The van der Waals surface area contributed by atoms with Crippen molar-refractivity contribution < 1.29 is 33.9 Å². The predicted molar refractivity (Wildman–Crippen MR) is 105 cm³/mol. The third-order valence-electron chi connectivity index (χ3n) is 3.94.